The highest BCUT2D eigenvalue weighted by Crippen LogP contribution is 2.20. The van der Waals surface area contributed by atoms with Crippen LogP contribution in [0.4, 0.5) is 0 Å². The lowest BCUT2D eigenvalue weighted by atomic mass is 10.2. The fraction of sp³-hybridized carbons (Fsp3) is 0.200. The number of benzene rings is 2. The standard InChI is InChI=1S/C25H25N5O4/c1-16-4-5-17(2)30(16)20-10-6-19(7-11-20)25(32)28-27-22(31)14-15-23-26-24(29-34-23)18-8-12-21(33-3)13-9-18/h4-13H,14-15H2,1-3H3,(H,27,31)(H,28,32). The van der Waals surface area contributed by atoms with Gasteiger partial charge in [0.15, 0.2) is 0 Å². The minimum atomic E-state index is -0.402. The normalized spacial score (nSPS) is 10.7. The van der Waals surface area contributed by atoms with Crippen molar-refractivity contribution in [1.82, 2.24) is 25.6 Å². The average molecular weight is 460 g/mol. The smallest absolute Gasteiger partial charge is 0.269 e. The minimum Gasteiger partial charge on any atom is -0.497 e. The van der Waals surface area contributed by atoms with Crippen LogP contribution >= 0.6 is 0 Å². The molecule has 0 aliphatic heterocycles. The Bertz CT molecular complexity index is 1270. The molecule has 2 aromatic carbocycles. The summed E-state index contributed by atoms with van der Waals surface area (Å²) < 4.78 is 12.4. The van der Waals surface area contributed by atoms with Crippen LogP contribution in [0.2, 0.25) is 0 Å². The zero-order chi connectivity index (χ0) is 24.1. The largest absolute Gasteiger partial charge is 0.497 e. The Kier molecular flexibility index (Phi) is 6.72. The van der Waals surface area contributed by atoms with E-state index in [0.29, 0.717) is 17.3 Å². The van der Waals surface area contributed by atoms with Gasteiger partial charge >= 0.3 is 0 Å². The van der Waals surface area contributed by atoms with Gasteiger partial charge in [0, 0.05) is 41.0 Å². The molecule has 2 N–H and O–H groups in total. The molecule has 0 unspecified atom stereocenters. The first-order valence-electron chi connectivity index (χ1n) is 10.8. The summed E-state index contributed by atoms with van der Waals surface area (Å²) in [5.74, 6) is 0.722. The van der Waals surface area contributed by atoms with E-state index in [0.717, 1.165) is 28.4 Å². The molecule has 0 saturated heterocycles. The third-order valence-electron chi connectivity index (χ3n) is 5.36. The van der Waals surface area contributed by atoms with E-state index in [4.69, 9.17) is 9.26 Å². The van der Waals surface area contributed by atoms with Gasteiger partial charge in [-0.25, -0.2) is 0 Å². The van der Waals surface area contributed by atoms with Crippen LogP contribution in [-0.2, 0) is 11.2 Å². The first-order chi connectivity index (χ1) is 16.4. The van der Waals surface area contributed by atoms with Crippen LogP contribution in [0.1, 0.15) is 34.1 Å². The van der Waals surface area contributed by atoms with Crippen molar-refractivity contribution in [2.24, 2.45) is 0 Å². The number of nitrogens with one attached hydrogen (secondary N) is 2. The van der Waals surface area contributed by atoms with Crippen molar-refractivity contribution in [3.8, 4) is 22.8 Å². The van der Waals surface area contributed by atoms with Crippen LogP contribution in [0.3, 0.4) is 0 Å². The third-order valence-corrected chi connectivity index (χ3v) is 5.36. The SMILES string of the molecule is COc1ccc(-c2noc(CCC(=O)NNC(=O)c3ccc(-n4c(C)ccc4C)cc3)n2)cc1. The minimum absolute atomic E-state index is 0.0790. The highest BCUT2D eigenvalue weighted by molar-refractivity contribution is 5.95. The second-order valence-corrected chi connectivity index (χ2v) is 7.74. The predicted octanol–water partition coefficient (Wildman–Crippen LogP) is 3.55. The molecule has 174 valence electrons. The van der Waals surface area contributed by atoms with Crippen LogP contribution in [0.15, 0.2) is 65.2 Å². The lowest BCUT2D eigenvalue weighted by Gasteiger charge is -2.11. The van der Waals surface area contributed by atoms with E-state index in [-0.39, 0.29) is 18.7 Å². The average Bonchev–Trinajstić information content (AvgIpc) is 3.47. The van der Waals surface area contributed by atoms with Gasteiger partial charge in [-0.15, -0.1) is 0 Å². The summed E-state index contributed by atoms with van der Waals surface area (Å²) in [7, 11) is 1.59. The first-order valence-corrected chi connectivity index (χ1v) is 10.8. The summed E-state index contributed by atoms with van der Waals surface area (Å²) in [6.45, 7) is 4.05. The lowest BCUT2D eigenvalue weighted by molar-refractivity contribution is -0.121. The van der Waals surface area contributed by atoms with Gasteiger partial charge in [0.25, 0.3) is 5.91 Å². The molecule has 2 aromatic heterocycles. The van der Waals surface area contributed by atoms with Gasteiger partial charge in [0.2, 0.25) is 17.6 Å². The third kappa shape index (κ3) is 5.15. The molecular formula is C25H25N5O4. The van der Waals surface area contributed by atoms with Crippen molar-refractivity contribution >= 4 is 11.8 Å². The first kappa shape index (κ1) is 22.8. The number of carbonyl (C=O) groups is 2. The molecule has 9 heteroatoms. The highest BCUT2D eigenvalue weighted by atomic mass is 16.5. The van der Waals surface area contributed by atoms with E-state index >= 15 is 0 Å². The molecule has 0 atom stereocenters. The highest BCUT2D eigenvalue weighted by Gasteiger charge is 2.13. The number of aromatic nitrogens is 3. The van der Waals surface area contributed by atoms with Gasteiger partial charge < -0.3 is 13.8 Å². The van der Waals surface area contributed by atoms with E-state index in [1.807, 2.05) is 50.2 Å². The van der Waals surface area contributed by atoms with Gasteiger partial charge in [-0.1, -0.05) is 5.16 Å². The Balaban J connectivity index is 1.26. The van der Waals surface area contributed by atoms with Crippen molar-refractivity contribution in [2.45, 2.75) is 26.7 Å². The van der Waals surface area contributed by atoms with Gasteiger partial charge in [-0.05, 0) is 74.5 Å². The van der Waals surface area contributed by atoms with E-state index in [1.165, 1.54) is 0 Å². The van der Waals surface area contributed by atoms with E-state index in [1.54, 1.807) is 31.4 Å². The second kappa shape index (κ2) is 10.0. The molecule has 2 heterocycles. The molecule has 0 fully saturated rings. The van der Waals surface area contributed by atoms with Crippen LogP contribution in [-0.4, -0.2) is 33.6 Å². The molecule has 34 heavy (non-hydrogen) atoms. The van der Waals surface area contributed by atoms with E-state index in [9.17, 15) is 9.59 Å². The molecule has 2 amide bonds. The molecule has 0 aliphatic rings. The number of amides is 2. The van der Waals surface area contributed by atoms with Crippen molar-refractivity contribution < 1.29 is 18.8 Å². The summed E-state index contributed by atoms with van der Waals surface area (Å²) in [4.78, 5) is 28.8. The molecule has 0 bridgehead atoms. The zero-order valence-electron chi connectivity index (χ0n) is 19.2. The number of aryl methyl sites for hydroxylation is 3. The topological polar surface area (TPSA) is 111 Å². The maximum absolute atomic E-state index is 12.4. The Morgan fingerprint density at radius 3 is 2.26 bits per heavy atom. The molecule has 9 nitrogen and oxygen atoms in total. The van der Waals surface area contributed by atoms with Gasteiger partial charge in [0.1, 0.15) is 5.75 Å². The van der Waals surface area contributed by atoms with E-state index in [2.05, 4.69) is 25.6 Å². The second-order valence-electron chi connectivity index (χ2n) is 7.74. The van der Waals surface area contributed by atoms with Crippen molar-refractivity contribution in [3.63, 3.8) is 0 Å². The lowest BCUT2D eigenvalue weighted by Crippen LogP contribution is -2.41. The number of methoxy groups -OCH3 is 1. The summed E-state index contributed by atoms with van der Waals surface area (Å²) in [6.07, 6.45) is 0.324. The van der Waals surface area contributed by atoms with Crippen LogP contribution in [0.25, 0.3) is 17.1 Å². The Morgan fingerprint density at radius 2 is 1.62 bits per heavy atom. The number of rotatable bonds is 7. The van der Waals surface area contributed by atoms with Crippen LogP contribution in [0.5, 0.6) is 5.75 Å². The molecule has 0 radical (unpaired) electrons. The monoisotopic (exact) mass is 459 g/mol. The van der Waals surface area contributed by atoms with Crippen molar-refractivity contribution in [2.75, 3.05) is 7.11 Å². The van der Waals surface area contributed by atoms with Crippen LogP contribution in [0, 0.1) is 13.8 Å². The number of nitrogens with zero attached hydrogens (tertiary/aromatic N) is 3. The molecule has 4 rings (SSSR count). The van der Waals surface area contributed by atoms with Gasteiger partial charge in [-0.3, -0.25) is 20.4 Å². The van der Waals surface area contributed by atoms with Gasteiger partial charge in [-0.2, -0.15) is 4.98 Å². The zero-order valence-corrected chi connectivity index (χ0v) is 19.2. The maximum Gasteiger partial charge on any atom is 0.269 e. The van der Waals surface area contributed by atoms with Crippen molar-refractivity contribution in [3.05, 3.63) is 83.5 Å². The molecular weight excluding hydrogens is 434 g/mol. The van der Waals surface area contributed by atoms with Crippen LogP contribution < -0.4 is 15.6 Å². The van der Waals surface area contributed by atoms with Gasteiger partial charge in [0.05, 0.1) is 7.11 Å². The molecule has 0 spiro atoms. The Morgan fingerprint density at radius 1 is 0.941 bits per heavy atom. The predicted molar refractivity (Wildman–Crippen MR) is 125 cm³/mol. The summed E-state index contributed by atoms with van der Waals surface area (Å²) in [5, 5.41) is 3.94. The summed E-state index contributed by atoms with van der Waals surface area (Å²) in [6, 6.07) is 18.5. The molecule has 0 aliphatic carbocycles. The Labute approximate surface area is 196 Å². The summed E-state index contributed by atoms with van der Waals surface area (Å²) in [5.41, 5.74) is 9.25. The maximum atomic E-state index is 12.4. The summed E-state index contributed by atoms with van der Waals surface area (Å²) >= 11 is 0. The number of hydrazine groups is 1. The fourth-order valence-electron chi connectivity index (χ4n) is 3.53. The fourth-order valence-corrected chi connectivity index (χ4v) is 3.53. The molecule has 0 saturated carbocycles. The quantitative estimate of drug-likeness (QED) is 0.409. The molecule has 4 aromatic rings. The number of carbonyl (C=O) groups excluding carboxylic acids is 2. The number of hydrogen-bond donors (Lipinski definition) is 2. The number of hydrogen-bond acceptors (Lipinski definition) is 6. The number of ether oxygens (including phenoxy) is 1. The Hall–Kier alpha value is -4.40. The van der Waals surface area contributed by atoms with E-state index < -0.39 is 5.91 Å². The van der Waals surface area contributed by atoms with Crippen molar-refractivity contribution in [1.29, 1.82) is 0 Å².